The molecule has 2 unspecified atom stereocenters. The number of allylic oxidation sites excluding steroid dienone is 2. The highest BCUT2D eigenvalue weighted by Crippen LogP contribution is 2.64. The Kier molecular flexibility index (Phi) is 3.03. The van der Waals surface area contributed by atoms with Gasteiger partial charge in [0.25, 0.3) is 0 Å². The van der Waals surface area contributed by atoms with Gasteiger partial charge in [-0.25, -0.2) is 0 Å². The van der Waals surface area contributed by atoms with E-state index in [1.165, 1.54) is 34.4 Å². The maximum atomic E-state index is 13.3. The van der Waals surface area contributed by atoms with Crippen LogP contribution in [0.4, 0.5) is 0 Å². The summed E-state index contributed by atoms with van der Waals surface area (Å²) >= 11 is 0. The van der Waals surface area contributed by atoms with E-state index in [1.54, 1.807) is 0 Å². The fraction of sp³-hybridized carbons (Fsp3) is 0.154. The molecule has 0 heterocycles. The second-order valence-corrected chi connectivity index (χ2v) is 7.97. The summed E-state index contributed by atoms with van der Waals surface area (Å²) in [6.45, 7) is 0. The summed E-state index contributed by atoms with van der Waals surface area (Å²) in [7, 11) is 0. The zero-order valence-electron chi connectivity index (χ0n) is 15.2. The van der Waals surface area contributed by atoms with Crippen molar-refractivity contribution in [2.45, 2.75) is 11.3 Å². The topological polar surface area (TPSA) is 34.1 Å². The Bertz CT molecular complexity index is 1120. The van der Waals surface area contributed by atoms with Gasteiger partial charge in [0.1, 0.15) is 0 Å². The minimum Gasteiger partial charge on any atom is -0.294 e. The molecule has 2 heteroatoms. The molecule has 7 rings (SSSR count). The lowest BCUT2D eigenvalue weighted by molar-refractivity contribution is -0.132. The van der Waals surface area contributed by atoms with Crippen LogP contribution in [-0.2, 0) is 15.0 Å². The van der Waals surface area contributed by atoms with Gasteiger partial charge in [-0.1, -0.05) is 78.9 Å². The van der Waals surface area contributed by atoms with E-state index in [0.29, 0.717) is 0 Å². The van der Waals surface area contributed by atoms with Gasteiger partial charge in [0.05, 0.1) is 11.3 Å². The molecule has 0 N–H and O–H groups in total. The lowest BCUT2D eigenvalue weighted by Gasteiger charge is -2.57. The maximum Gasteiger partial charge on any atom is 0.161 e. The molecular formula is C26H18O2. The summed E-state index contributed by atoms with van der Waals surface area (Å²) in [5.41, 5.74) is 5.15. The summed E-state index contributed by atoms with van der Waals surface area (Å²) in [5.74, 6) is -0.685. The van der Waals surface area contributed by atoms with E-state index in [1.807, 2.05) is 42.5 Å². The number of hydrogen-bond donors (Lipinski definition) is 0. The van der Waals surface area contributed by atoms with Crippen molar-refractivity contribution in [3.8, 4) is 0 Å². The average molecular weight is 362 g/mol. The van der Waals surface area contributed by atoms with Crippen molar-refractivity contribution in [1.29, 1.82) is 0 Å². The molecule has 2 bridgehead atoms. The van der Waals surface area contributed by atoms with Gasteiger partial charge in [0.2, 0.25) is 0 Å². The lowest BCUT2D eigenvalue weighted by Crippen LogP contribution is -2.58. The van der Waals surface area contributed by atoms with Crippen LogP contribution in [0.1, 0.15) is 33.7 Å². The van der Waals surface area contributed by atoms with Crippen LogP contribution in [0.3, 0.4) is 0 Å². The Hall–Kier alpha value is -3.26. The van der Waals surface area contributed by atoms with Gasteiger partial charge in [-0.15, -0.1) is 0 Å². The fourth-order valence-corrected chi connectivity index (χ4v) is 6.04. The molecule has 0 fully saturated rings. The summed E-state index contributed by atoms with van der Waals surface area (Å²) in [5, 5.41) is 0. The summed E-state index contributed by atoms with van der Waals surface area (Å²) in [6, 6.07) is 27.0. The molecule has 4 aliphatic carbocycles. The zero-order chi connectivity index (χ0) is 18.9. The minimum absolute atomic E-state index is 0.0578. The number of benzene rings is 3. The highest BCUT2D eigenvalue weighted by molar-refractivity contribution is 6.10. The third-order valence-corrected chi connectivity index (χ3v) is 6.90. The number of carbonyl (C=O) groups is 2. The van der Waals surface area contributed by atoms with Crippen molar-refractivity contribution in [2.24, 2.45) is 11.8 Å². The highest BCUT2D eigenvalue weighted by atomic mass is 16.1. The van der Waals surface area contributed by atoms with Crippen molar-refractivity contribution >= 4 is 11.6 Å². The molecule has 0 spiro atoms. The van der Waals surface area contributed by atoms with Crippen LogP contribution in [-0.4, -0.2) is 11.6 Å². The van der Waals surface area contributed by atoms with Gasteiger partial charge in [-0.3, -0.25) is 9.59 Å². The first kappa shape index (κ1) is 15.8. The van der Waals surface area contributed by atoms with E-state index in [0.717, 1.165) is 5.56 Å². The predicted molar refractivity (Wildman–Crippen MR) is 107 cm³/mol. The van der Waals surface area contributed by atoms with Crippen LogP contribution in [0.5, 0.6) is 0 Å². The van der Waals surface area contributed by atoms with Gasteiger partial charge in [-0.05, 0) is 40.0 Å². The highest BCUT2D eigenvalue weighted by Gasteiger charge is 2.63. The van der Waals surface area contributed by atoms with Crippen molar-refractivity contribution in [3.05, 3.63) is 119 Å². The van der Waals surface area contributed by atoms with Crippen molar-refractivity contribution in [1.82, 2.24) is 0 Å². The Balaban J connectivity index is 1.84. The molecule has 0 aromatic heterocycles. The third-order valence-electron chi connectivity index (χ3n) is 6.90. The minimum atomic E-state index is -0.634. The SMILES string of the molecule is O=C1C=CC(=O)C2C1C1c3ccccc3C2(c2ccccc2)c2ccccc21. The second-order valence-electron chi connectivity index (χ2n) is 7.97. The monoisotopic (exact) mass is 362 g/mol. The molecule has 2 atom stereocenters. The van der Waals surface area contributed by atoms with Crippen LogP contribution in [0.2, 0.25) is 0 Å². The molecule has 0 amide bonds. The van der Waals surface area contributed by atoms with Gasteiger partial charge < -0.3 is 0 Å². The van der Waals surface area contributed by atoms with Gasteiger partial charge in [0.15, 0.2) is 11.6 Å². The van der Waals surface area contributed by atoms with E-state index in [2.05, 4.69) is 36.4 Å². The van der Waals surface area contributed by atoms with Crippen LogP contribution in [0.25, 0.3) is 0 Å². The first-order valence-corrected chi connectivity index (χ1v) is 9.74. The van der Waals surface area contributed by atoms with Crippen molar-refractivity contribution in [3.63, 3.8) is 0 Å². The molecule has 0 radical (unpaired) electrons. The van der Waals surface area contributed by atoms with E-state index < -0.39 is 11.3 Å². The van der Waals surface area contributed by atoms with Crippen molar-refractivity contribution < 1.29 is 9.59 Å². The van der Waals surface area contributed by atoms with Crippen LogP contribution in [0, 0.1) is 11.8 Å². The molecule has 0 saturated carbocycles. The van der Waals surface area contributed by atoms with Gasteiger partial charge in [-0.2, -0.15) is 0 Å². The van der Waals surface area contributed by atoms with Crippen molar-refractivity contribution in [2.75, 3.05) is 0 Å². The quantitative estimate of drug-likeness (QED) is 0.642. The molecule has 28 heavy (non-hydrogen) atoms. The molecule has 0 saturated heterocycles. The standard InChI is InChI=1S/C26H18O2/c27-21-14-15-22(28)25-24(21)23-17-10-4-6-12-19(17)26(25,16-8-2-1-3-9-16)20-13-7-5-11-18(20)23/h1-15,23-25H. The lowest BCUT2D eigenvalue weighted by atomic mass is 9.43. The van der Waals surface area contributed by atoms with Gasteiger partial charge >= 0.3 is 0 Å². The second kappa shape index (κ2) is 5.39. The molecule has 134 valence electrons. The van der Waals surface area contributed by atoms with E-state index in [4.69, 9.17) is 0 Å². The summed E-state index contributed by atoms with van der Waals surface area (Å²) in [6.07, 6.45) is 2.99. The van der Waals surface area contributed by atoms with Crippen LogP contribution < -0.4 is 0 Å². The Morgan fingerprint density at radius 2 is 1.14 bits per heavy atom. The molecule has 2 nitrogen and oxygen atoms in total. The van der Waals surface area contributed by atoms with E-state index in [9.17, 15) is 9.59 Å². The normalized spacial score (nSPS) is 29.2. The number of ketones is 2. The number of hydrogen-bond acceptors (Lipinski definition) is 2. The first-order valence-electron chi connectivity index (χ1n) is 9.74. The summed E-state index contributed by atoms with van der Waals surface area (Å²) < 4.78 is 0. The predicted octanol–water partition coefficient (Wildman–Crippen LogP) is 4.42. The zero-order valence-corrected chi connectivity index (χ0v) is 15.2. The molecule has 4 aliphatic rings. The number of carbonyl (C=O) groups excluding carboxylic acids is 2. The average Bonchev–Trinajstić information content (AvgIpc) is 2.76. The van der Waals surface area contributed by atoms with E-state index in [-0.39, 0.29) is 23.4 Å². The van der Waals surface area contributed by atoms with Crippen LogP contribution >= 0.6 is 0 Å². The third kappa shape index (κ3) is 1.69. The molecule has 0 aliphatic heterocycles. The Morgan fingerprint density at radius 1 is 0.607 bits per heavy atom. The maximum absolute atomic E-state index is 13.3. The fourth-order valence-electron chi connectivity index (χ4n) is 6.04. The Labute approximate surface area is 163 Å². The van der Waals surface area contributed by atoms with E-state index >= 15 is 0 Å². The number of rotatable bonds is 1. The van der Waals surface area contributed by atoms with Gasteiger partial charge in [0, 0.05) is 11.8 Å². The molecule has 3 aromatic carbocycles. The Morgan fingerprint density at radius 3 is 1.79 bits per heavy atom. The van der Waals surface area contributed by atoms with Crippen LogP contribution in [0.15, 0.2) is 91.0 Å². The molecular weight excluding hydrogens is 344 g/mol. The summed E-state index contributed by atoms with van der Waals surface area (Å²) in [4.78, 5) is 26.4. The smallest absolute Gasteiger partial charge is 0.161 e. The molecule has 3 aromatic rings. The largest absolute Gasteiger partial charge is 0.294 e. The first-order chi connectivity index (χ1) is 13.7.